The van der Waals surface area contributed by atoms with Crippen molar-refractivity contribution in [3.05, 3.63) is 41.3 Å². The van der Waals surface area contributed by atoms with E-state index in [1.807, 2.05) is 19.9 Å². The lowest BCUT2D eigenvalue weighted by Crippen LogP contribution is -3.12. The zero-order valence-corrected chi connectivity index (χ0v) is 18.5. The lowest BCUT2D eigenvalue weighted by atomic mass is 8.92. The van der Waals surface area contributed by atoms with Gasteiger partial charge in [0, 0.05) is 29.3 Å². The molecule has 6 saturated carbocycles. The maximum absolute atomic E-state index is 13.4. The second-order valence-electron chi connectivity index (χ2n) is 10.6. The van der Waals surface area contributed by atoms with Crippen molar-refractivity contribution in [3.63, 3.8) is 0 Å². The van der Waals surface area contributed by atoms with Crippen LogP contribution in [0, 0.1) is 40.9 Å². The number of hydrogen-bond acceptors (Lipinski definition) is 5. The van der Waals surface area contributed by atoms with Gasteiger partial charge >= 0.3 is 6.18 Å². The fourth-order valence-corrected chi connectivity index (χ4v) is 9.11. The highest BCUT2D eigenvalue weighted by Crippen LogP contribution is 3.09. The van der Waals surface area contributed by atoms with E-state index in [1.165, 1.54) is 6.20 Å². The number of halogens is 4. The molecule has 0 atom stereocenters. The average molecular weight is 474 g/mol. The summed E-state index contributed by atoms with van der Waals surface area (Å²) in [5.74, 6) is 3.92. The molecule has 0 bridgehead atoms. The smallest absolute Gasteiger partial charge is 0.434 e. The van der Waals surface area contributed by atoms with Crippen LogP contribution in [0.25, 0.3) is 11.0 Å². The molecule has 6 aliphatic carbocycles. The first-order valence-corrected chi connectivity index (χ1v) is 11.7. The summed E-state index contributed by atoms with van der Waals surface area (Å²) < 4.78 is 48.2. The van der Waals surface area contributed by atoms with Gasteiger partial charge in [-0.15, -0.1) is 0 Å². The molecular weight excluding hydrogens is 455 g/mol. The molecule has 0 amide bonds. The van der Waals surface area contributed by atoms with E-state index in [1.54, 1.807) is 16.8 Å². The Labute approximate surface area is 191 Å². The third kappa shape index (κ3) is 1.71. The Balaban J connectivity index is 1.08. The fourth-order valence-electron chi connectivity index (χ4n) is 8.94. The maximum Gasteiger partial charge on any atom is 0.434 e. The van der Waals surface area contributed by atoms with Crippen molar-refractivity contribution in [2.24, 2.45) is 40.9 Å². The first kappa shape index (κ1) is 18.9. The molecule has 9 rings (SSSR count). The number of rotatable bonds is 5. The van der Waals surface area contributed by atoms with Gasteiger partial charge < -0.3 is 9.30 Å². The van der Waals surface area contributed by atoms with E-state index >= 15 is 0 Å². The molecule has 3 aromatic rings. The Bertz CT molecular complexity index is 1330. The molecular formula is C23H19ClF3N5O. The molecule has 0 saturated heterocycles. The van der Waals surface area contributed by atoms with Crippen molar-refractivity contribution in [2.75, 3.05) is 6.61 Å². The minimum Gasteiger partial charge on any atom is -0.475 e. The van der Waals surface area contributed by atoms with E-state index in [4.69, 9.17) is 16.3 Å². The van der Waals surface area contributed by atoms with Gasteiger partial charge in [-0.3, -0.25) is 0 Å². The molecule has 0 aliphatic heterocycles. The summed E-state index contributed by atoms with van der Waals surface area (Å²) in [5.41, 5.74) is 0.471. The van der Waals surface area contributed by atoms with E-state index in [2.05, 4.69) is 19.9 Å². The molecule has 33 heavy (non-hydrogen) atoms. The summed E-state index contributed by atoms with van der Waals surface area (Å²) in [7, 11) is 0. The first-order chi connectivity index (χ1) is 15.7. The third-order valence-corrected chi connectivity index (χ3v) is 9.83. The summed E-state index contributed by atoms with van der Waals surface area (Å²) >= 11 is 6.08. The van der Waals surface area contributed by atoms with Crippen LogP contribution in [0.2, 0.25) is 5.28 Å². The summed E-state index contributed by atoms with van der Waals surface area (Å²) in [5, 5.41) is 0.125. The highest BCUT2D eigenvalue weighted by Gasteiger charge is 3.10. The van der Waals surface area contributed by atoms with Crippen LogP contribution in [0.3, 0.4) is 0 Å². The molecule has 10 heteroatoms. The van der Waals surface area contributed by atoms with E-state index in [9.17, 15) is 13.2 Å². The molecule has 0 unspecified atom stereocenters. The Morgan fingerprint density at radius 1 is 1.09 bits per heavy atom. The van der Waals surface area contributed by atoms with Crippen LogP contribution in [0.1, 0.15) is 31.4 Å². The van der Waals surface area contributed by atoms with Crippen molar-refractivity contribution in [1.82, 2.24) is 24.5 Å². The molecule has 170 valence electrons. The van der Waals surface area contributed by atoms with Crippen LogP contribution < -0.4 is 4.74 Å². The number of aromatic nitrogens is 5. The fraction of sp³-hybridized carbons (Fsp3) is 0.565. The van der Waals surface area contributed by atoms with Crippen LogP contribution >= 0.6 is 11.6 Å². The zero-order valence-electron chi connectivity index (χ0n) is 17.7. The molecule has 3 heterocycles. The van der Waals surface area contributed by atoms with Gasteiger partial charge in [-0.2, -0.15) is 18.2 Å². The number of fused-ring (bicyclic) bond motifs is 1. The number of nitrogens with zero attached hydrogens (tertiary/aromatic N) is 5. The van der Waals surface area contributed by atoms with E-state index in [0.717, 1.165) is 0 Å². The highest BCUT2D eigenvalue weighted by molar-refractivity contribution is 6.28. The van der Waals surface area contributed by atoms with Crippen LogP contribution in [-0.2, 0) is 11.6 Å². The Morgan fingerprint density at radius 2 is 1.79 bits per heavy atom. The van der Waals surface area contributed by atoms with Crippen LogP contribution in [0.5, 0.6) is 5.88 Å². The number of imidazole rings is 1. The molecule has 0 aromatic carbocycles. The molecule has 0 spiro atoms. The van der Waals surface area contributed by atoms with E-state index < -0.39 is 11.9 Å². The second kappa shape index (κ2) is 5.29. The first-order valence-electron chi connectivity index (χ1n) is 11.3. The average Bonchev–Trinajstić information content (AvgIpc) is 3.24. The predicted molar refractivity (Wildman–Crippen MR) is 111 cm³/mol. The summed E-state index contributed by atoms with van der Waals surface area (Å²) in [4.78, 5) is 17.0. The monoisotopic (exact) mass is 473 g/mol. The van der Waals surface area contributed by atoms with Crippen LogP contribution in [0.4, 0.5) is 13.2 Å². The Hall–Kier alpha value is -2.42. The van der Waals surface area contributed by atoms with Crippen molar-refractivity contribution >= 4 is 22.6 Å². The summed E-state index contributed by atoms with van der Waals surface area (Å²) in [6, 6.07) is 3.56. The number of pyridine rings is 1. The molecule has 3 aromatic heterocycles. The topological polar surface area (TPSA) is 65.7 Å². The molecule has 0 N–H and O–H groups in total. The van der Waals surface area contributed by atoms with Crippen molar-refractivity contribution in [3.8, 4) is 5.88 Å². The lowest BCUT2D eigenvalue weighted by molar-refractivity contribution is -0.632. The van der Waals surface area contributed by atoms with Crippen molar-refractivity contribution in [1.29, 1.82) is 0 Å². The van der Waals surface area contributed by atoms with Crippen molar-refractivity contribution < 1.29 is 17.9 Å². The van der Waals surface area contributed by atoms with Crippen LogP contribution in [-0.4, -0.2) is 31.1 Å². The maximum atomic E-state index is 13.4. The zero-order chi connectivity index (χ0) is 22.7. The molecule has 6 aliphatic rings. The normalized spacial score (nSPS) is 40.5. The van der Waals surface area contributed by atoms with Crippen molar-refractivity contribution in [2.45, 2.75) is 31.5 Å². The van der Waals surface area contributed by atoms with Crippen LogP contribution in [0.15, 0.2) is 24.5 Å². The van der Waals surface area contributed by atoms with Gasteiger partial charge in [0.2, 0.25) is 11.2 Å². The SMILES string of the molecule is CC(C)n1cc(C(F)(F)F)nc1C12C3C4C1C1C2C3C41COc1nc(Cl)nc2cccnc12. The third-order valence-electron chi connectivity index (χ3n) is 9.66. The molecule has 6 nitrogen and oxygen atoms in total. The largest absolute Gasteiger partial charge is 0.475 e. The van der Waals surface area contributed by atoms with E-state index in [0.29, 0.717) is 64.9 Å². The van der Waals surface area contributed by atoms with Gasteiger partial charge in [0.25, 0.3) is 0 Å². The second-order valence-corrected chi connectivity index (χ2v) is 10.9. The Kier molecular flexibility index (Phi) is 3.04. The summed E-state index contributed by atoms with van der Waals surface area (Å²) in [6.07, 6.45) is -1.54. The number of alkyl halides is 3. The summed E-state index contributed by atoms with van der Waals surface area (Å²) in [6.45, 7) is 4.40. The van der Waals surface area contributed by atoms with Gasteiger partial charge in [-0.25, -0.2) is 15.0 Å². The lowest BCUT2D eigenvalue weighted by Gasteiger charge is -3.10. The van der Waals surface area contributed by atoms with Gasteiger partial charge in [0.1, 0.15) is 5.82 Å². The highest BCUT2D eigenvalue weighted by atomic mass is 35.5. The van der Waals surface area contributed by atoms with E-state index in [-0.39, 0.29) is 22.2 Å². The van der Waals surface area contributed by atoms with Gasteiger partial charge in [-0.05, 0) is 73.1 Å². The quantitative estimate of drug-likeness (QED) is 0.509. The van der Waals surface area contributed by atoms with Gasteiger partial charge in [0.05, 0.1) is 12.1 Å². The van der Waals surface area contributed by atoms with Gasteiger partial charge in [0.15, 0.2) is 11.2 Å². The number of hydrogen-bond donors (Lipinski definition) is 0. The molecule has 0 radical (unpaired) electrons. The minimum absolute atomic E-state index is 0.0511. The standard InChI is InChI=1S/C23H19ClF3N5O/c1-8(2)32-6-10(23(25,26)27)30-19(32)22-14-11-15(22)13-16(22)12(14)21(11,13)7-33-18-17-9(4-3-5-28-17)29-20(24)31-18/h3-6,8,11-16H,7H2,1-2H3. The predicted octanol–water partition coefficient (Wildman–Crippen LogP) is 4.54. The Morgan fingerprint density at radius 3 is 2.42 bits per heavy atom. The minimum atomic E-state index is -4.42. The molecule has 6 fully saturated rings. The van der Waals surface area contributed by atoms with Gasteiger partial charge in [-0.1, -0.05) is 0 Å². The number of ether oxygens (including phenoxy) is 1.